The molecule has 0 amide bonds. The van der Waals surface area contributed by atoms with E-state index >= 15 is 0 Å². The average molecular weight is 352 g/mol. The molecular weight excluding hydrogens is 339 g/mol. The number of rotatable bonds is 3. The normalized spacial score (nSPS) is 27.2. The summed E-state index contributed by atoms with van der Waals surface area (Å²) in [6, 6.07) is 0. The van der Waals surface area contributed by atoms with E-state index in [4.69, 9.17) is 16.3 Å². The Morgan fingerprint density at radius 3 is 2.95 bits per heavy atom. The minimum atomic E-state index is -0.725. The van der Waals surface area contributed by atoms with E-state index in [2.05, 4.69) is 20.9 Å². The van der Waals surface area contributed by atoms with Crippen molar-refractivity contribution in [2.24, 2.45) is 0 Å². The zero-order valence-electron chi connectivity index (χ0n) is 9.75. The van der Waals surface area contributed by atoms with Crippen LogP contribution in [0.15, 0.2) is 20.8 Å². The van der Waals surface area contributed by atoms with Gasteiger partial charge in [-0.05, 0) is 11.1 Å². The number of aromatic amines is 1. The van der Waals surface area contributed by atoms with Crippen LogP contribution in [0.5, 0.6) is 0 Å². The molecule has 1 fully saturated rings. The summed E-state index contributed by atoms with van der Waals surface area (Å²) in [5, 5.41) is 9.72. The predicted molar refractivity (Wildman–Crippen MR) is 74.5 cm³/mol. The van der Waals surface area contributed by atoms with E-state index in [0.29, 0.717) is 5.56 Å². The van der Waals surface area contributed by atoms with E-state index in [1.54, 1.807) is 0 Å². The number of aliphatic hydroxyl groups is 1. The Hall–Kier alpha value is -0.890. The van der Waals surface area contributed by atoms with Gasteiger partial charge >= 0.3 is 5.69 Å². The van der Waals surface area contributed by atoms with Gasteiger partial charge in [0.15, 0.2) is 0 Å². The van der Waals surface area contributed by atoms with E-state index in [1.165, 1.54) is 21.8 Å². The molecule has 6 nitrogen and oxygen atoms in total. The number of nitrogens with zero attached hydrogens (tertiary/aromatic N) is 1. The molecule has 0 radical (unpaired) electrons. The van der Waals surface area contributed by atoms with Gasteiger partial charge in [-0.3, -0.25) is 14.3 Å². The van der Waals surface area contributed by atoms with E-state index in [-0.39, 0.29) is 12.3 Å². The Balaban J connectivity index is 2.38. The second kappa shape index (κ2) is 6.04. The Morgan fingerprint density at radius 2 is 2.37 bits per heavy atom. The molecule has 1 aliphatic heterocycles. The smallest absolute Gasteiger partial charge is 0.330 e. The number of nitrogens with one attached hydrogen (secondary N) is 1. The molecule has 1 saturated heterocycles. The van der Waals surface area contributed by atoms with Crippen LogP contribution in [0.4, 0.5) is 0 Å². The van der Waals surface area contributed by atoms with Crippen molar-refractivity contribution in [3.63, 3.8) is 0 Å². The van der Waals surface area contributed by atoms with Crippen LogP contribution in [0, 0.1) is 0 Å². The van der Waals surface area contributed by atoms with Crippen LogP contribution in [-0.2, 0) is 4.74 Å². The summed E-state index contributed by atoms with van der Waals surface area (Å²) >= 11 is 8.72. The fourth-order valence-electron chi connectivity index (χ4n) is 1.93. The van der Waals surface area contributed by atoms with Gasteiger partial charge < -0.3 is 9.84 Å². The first-order valence-corrected chi connectivity index (χ1v) is 7.03. The number of aromatic nitrogens is 2. The molecule has 3 atom stereocenters. The van der Waals surface area contributed by atoms with Crippen LogP contribution < -0.4 is 11.2 Å². The van der Waals surface area contributed by atoms with E-state index in [9.17, 15) is 14.7 Å². The van der Waals surface area contributed by atoms with E-state index in [0.717, 1.165) is 0 Å². The SMILES string of the molecule is O=c1[nH]c(=O)n([C@H]2C[C@H](O)[C@@H](CCl)O2)cc1C=CBr. The molecular formula is C11H12BrClN2O4. The van der Waals surface area contributed by atoms with Crippen LogP contribution in [0.1, 0.15) is 18.2 Å². The number of H-pyrrole nitrogens is 1. The van der Waals surface area contributed by atoms with Crippen molar-refractivity contribution < 1.29 is 9.84 Å². The Morgan fingerprint density at radius 1 is 1.63 bits per heavy atom. The van der Waals surface area contributed by atoms with Crippen molar-refractivity contribution in [1.29, 1.82) is 0 Å². The third-order valence-corrected chi connectivity index (χ3v) is 3.47. The van der Waals surface area contributed by atoms with Crippen LogP contribution >= 0.6 is 27.5 Å². The van der Waals surface area contributed by atoms with E-state index < -0.39 is 29.7 Å². The Bertz CT molecular complexity index is 597. The molecule has 8 heteroatoms. The lowest BCUT2D eigenvalue weighted by Crippen LogP contribution is -2.33. The van der Waals surface area contributed by atoms with Gasteiger partial charge in [0.1, 0.15) is 6.23 Å². The zero-order chi connectivity index (χ0) is 14.0. The number of alkyl halides is 1. The van der Waals surface area contributed by atoms with Gasteiger partial charge in [-0.15, -0.1) is 11.6 Å². The summed E-state index contributed by atoms with van der Waals surface area (Å²) in [7, 11) is 0. The molecule has 0 aliphatic carbocycles. The topological polar surface area (TPSA) is 84.3 Å². The van der Waals surface area contributed by atoms with Gasteiger partial charge in [0.2, 0.25) is 0 Å². The number of hydrogen-bond donors (Lipinski definition) is 2. The first-order valence-electron chi connectivity index (χ1n) is 5.58. The molecule has 2 heterocycles. The molecule has 19 heavy (non-hydrogen) atoms. The number of hydrogen-bond acceptors (Lipinski definition) is 4. The summed E-state index contributed by atoms with van der Waals surface area (Å²) in [6.07, 6.45) is 1.29. The van der Waals surface area contributed by atoms with Crippen LogP contribution in [-0.4, -0.2) is 32.7 Å². The lowest BCUT2D eigenvalue weighted by atomic mass is 10.2. The molecule has 0 aromatic carbocycles. The summed E-state index contributed by atoms with van der Waals surface area (Å²) < 4.78 is 6.74. The number of aliphatic hydroxyl groups excluding tert-OH is 1. The standard InChI is InChI=1S/C11H12BrClN2O4/c12-2-1-6-5-15(11(18)14-10(6)17)9-3-7(16)8(4-13)19-9/h1-2,5,7-9,16H,3-4H2,(H,14,17,18)/t7-,8+,9+/m0/s1. The largest absolute Gasteiger partial charge is 0.390 e. The minimum absolute atomic E-state index is 0.143. The maximum atomic E-state index is 11.8. The average Bonchev–Trinajstić information content (AvgIpc) is 2.74. The first-order chi connectivity index (χ1) is 9.06. The lowest BCUT2D eigenvalue weighted by Gasteiger charge is -2.14. The van der Waals surface area contributed by atoms with Crippen LogP contribution in [0.2, 0.25) is 0 Å². The Kier molecular flexibility index (Phi) is 4.62. The van der Waals surface area contributed by atoms with Gasteiger partial charge in [-0.25, -0.2) is 4.79 Å². The van der Waals surface area contributed by atoms with Crippen molar-refractivity contribution in [1.82, 2.24) is 9.55 Å². The van der Waals surface area contributed by atoms with Crippen molar-refractivity contribution in [3.05, 3.63) is 37.6 Å². The third-order valence-electron chi connectivity index (χ3n) is 2.90. The molecule has 2 rings (SSSR count). The molecule has 1 aliphatic rings. The molecule has 2 N–H and O–H groups in total. The minimum Gasteiger partial charge on any atom is -0.390 e. The molecule has 0 saturated carbocycles. The summed E-state index contributed by atoms with van der Waals surface area (Å²) in [5.41, 5.74) is -0.752. The molecule has 1 aromatic heterocycles. The second-order valence-electron chi connectivity index (χ2n) is 4.13. The molecule has 0 bridgehead atoms. The molecule has 0 spiro atoms. The second-order valence-corrected chi connectivity index (χ2v) is 4.97. The zero-order valence-corrected chi connectivity index (χ0v) is 12.1. The quantitative estimate of drug-likeness (QED) is 0.789. The summed E-state index contributed by atoms with van der Waals surface area (Å²) in [6.45, 7) is 0. The number of halogens is 2. The van der Waals surface area contributed by atoms with Gasteiger partial charge in [0.05, 0.1) is 23.7 Å². The maximum absolute atomic E-state index is 11.8. The van der Waals surface area contributed by atoms with Gasteiger partial charge in [0.25, 0.3) is 5.56 Å². The van der Waals surface area contributed by atoms with Crippen molar-refractivity contribution in [3.8, 4) is 0 Å². The summed E-state index contributed by atoms with van der Waals surface area (Å²) in [4.78, 5) is 27.0. The lowest BCUT2D eigenvalue weighted by molar-refractivity contribution is -0.00827. The highest BCUT2D eigenvalue weighted by molar-refractivity contribution is 9.11. The predicted octanol–water partition coefficient (Wildman–Crippen LogP) is 0.789. The number of ether oxygens (including phenoxy) is 1. The summed E-state index contributed by atoms with van der Waals surface area (Å²) in [5.74, 6) is 0.143. The van der Waals surface area contributed by atoms with E-state index in [1.807, 2.05) is 0 Å². The third kappa shape index (κ3) is 3.00. The maximum Gasteiger partial charge on any atom is 0.330 e. The van der Waals surface area contributed by atoms with Crippen molar-refractivity contribution in [2.75, 3.05) is 5.88 Å². The highest BCUT2D eigenvalue weighted by Gasteiger charge is 2.34. The first kappa shape index (κ1) is 14.5. The molecule has 104 valence electrons. The van der Waals surface area contributed by atoms with Gasteiger partial charge in [-0.1, -0.05) is 15.9 Å². The fourth-order valence-corrected chi connectivity index (χ4v) is 2.49. The van der Waals surface area contributed by atoms with Gasteiger partial charge in [-0.2, -0.15) is 0 Å². The molecule has 0 unspecified atom stereocenters. The molecule has 1 aromatic rings. The van der Waals surface area contributed by atoms with Crippen molar-refractivity contribution >= 4 is 33.6 Å². The highest BCUT2D eigenvalue weighted by atomic mass is 79.9. The fraction of sp³-hybridized carbons (Fsp3) is 0.455. The Labute approximate surface area is 121 Å². The van der Waals surface area contributed by atoms with Crippen LogP contribution in [0.25, 0.3) is 6.08 Å². The van der Waals surface area contributed by atoms with Crippen molar-refractivity contribution in [2.45, 2.75) is 24.9 Å². The highest BCUT2D eigenvalue weighted by Crippen LogP contribution is 2.28. The van der Waals surface area contributed by atoms with Gasteiger partial charge in [0, 0.05) is 12.6 Å². The van der Waals surface area contributed by atoms with Crippen LogP contribution in [0.3, 0.4) is 0 Å². The monoisotopic (exact) mass is 350 g/mol.